The zero-order chi connectivity index (χ0) is 52.8. The van der Waals surface area contributed by atoms with Crippen LogP contribution in [-0.4, -0.2) is 183 Å². The van der Waals surface area contributed by atoms with E-state index in [1.54, 1.807) is 46.2 Å². The smallest absolute Gasteiger partial charge is 0.296 e. The molecule has 2 amide bonds. The first-order valence-corrected chi connectivity index (χ1v) is 25.7. The molecule has 4 fully saturated rings. The van der Waals surface area contributed by atoms with E-state index < -0.39 is 43.9 Å². The summed E-state index contributed by atoms with van der Waals surface area (Å²) in [5, 5.41) is 0. The highest BCUT2D eigenvalue weighted by Crippen LogP contribution is 2.35. The van der Waals surface area contributed by atoms with E-state index in [1.165, 1.54) is 18.9 Å². The molecular formula is C44H44Cl6F4N16O5. The van der Waals surface area contributed by atoms with Crippen LogP contribution in [-0.2, 0) is 37.0 Å². The van der Waals surface area contributed by atoms with Gasteiger partial charge in [-0.3, -0.25) is 18.7 Å². The van der Waals surface area contributed by atoms with E-state index in [0.29, 0.717) is 63.7 Å². The number of fused-ring (bicyclic) bond motifs is 2. The summed E-state index contributed by atoms with van der Waals surface area (Å²) < 4.78 is 76.0. The first-order chi connectivity index (χ1) is 35.9. The third kappa shape index (κ3) is 11.3. The lowest BCUT2D eigenvalue weighted by Gasteiger charge is -2.36. The number of hydrogen-bond acceptors (Lipinski definition) is 17. The molecule has 75 heavy (non-hydrogen) atoms. The van der Waals surface area contributed by atoms with Gasteiger partial charge in [-0.05, 0) is 12.1 Å². The lowest BCUT2D eigenvalue weighted by molar-refractivity contribution is -0.131. The molecule has 31 heteroatoms. The van der Waals surface area contributed by atoms with Crippen molar-refractivity contribution in [2.75, 3.05) is 125 Å². The van der Waals surface area contributed by atoms with Crippen molar-refractivity contribution >= 4 is 127 Å². The Labute approximate surface area is 454 Å². The highest BCUT2D eigenvalue weighted by atomic mass is 35.6. The molecule has 4 aliphatic rings. The van der Waals surface area contributed by atoms with Crippen LogP contribution in [0, 0.1) is 0 Å². The SMILES string of the molecule is O=C(N1CCN(c2nc(N3CCOCC3)nc(-n3c(C(F)F)nc4c(COCc5cccc6c5nc(C(F)F)n6-c5nc(N6CCOCC6)nc(N6CCN(C(=O)C(Cl)(Cl)Cl)CC6)n5)cccc43)n2)CC1)C(Cl)(Cl)Cl. The number of aromatic nitrogens is 10. The van der Waals surface area contributed by atoms with Crippen molar-refractivity contribution in [3.63, 3.8) is 0 Å². The molecule has 8 heterocycles. The summed E-state index contributed by atoms with van der Waals surface area (Å²) in [5.41, 5.74) is 1.74. The van der Waals surface area contributed by atoms with Crippen LogP contribution in [0.25, 0.3) is 34.0 Å². The third-order valence-electron chi connectivity index (χ3n) is 12.9. The number of carbonyl (C=O) groups is 2. The number of para-hydroxylation sites is 2. The van der Waals surface area contributed by atoms with Crippen LogP contribution in [0.3, 0.4) is 0 Å². The average Bonchev–Trinajstić information content (AvgIpc) is 4.02. The van der Waals surface area contributed by atoms with Crippen LogP contribution in [0.2, 0.25) is 0 Å². The lowest BCUT2D eigenvalue weighted by Crippen LogP contribution is -2.52. The lowest BCUT2D eigenvalue weighted by atomic mass is 10.2. The highest BCUT2D eigenvalue weighted by Gasteiger charge is 2.39. The molecule has 2 aromatic carbocycles. The zero-order valence-electron chi connectivity index (χ0n) is 39.3. The minimum absolute atomic E-state index is 0.118. The molecule has 6 aromatic rings. The summed E-state index contributed by atoms with van der Waals surface area (Å²) in [6, 6.07) is 9.90. The van der Waals surface area contributed by atoms with Crippen molar-refractivity contribution in [3.05, 3.63) is 59.2 Å². The third-order valence-corrected chi connectivity index (χ3v) is 13.8. The van der Waals surface area contributed by atoms with Crippen LogP contribution in [0.5, 0.6) is 0 Å². The van der Waals surface area contributed by atoms with Crippen LogP contribution in [0.1, 0.15) is 35.6 Å². The Kier molecular flexibility index (Phi) is 15.7. The Bertz CT molecular complexity index is 2870. The summed E-state index contributed by atoms with van der Waals surface area (Å²) in [7, 11) is 0. The maximum Gasteiger partial charge on any atom is 0.296 e. The van der Waals surface area contributed by atoms with Gasteiger partial charge in [0.15, 0.2) is 11.6 Å². The number of morpholine rings is 2. The topological polar surface area (TPSA) is 194 Å². The zero-order valence-corrected chi connectivity index (χ0v) is 43.9. The number of benzene rings is 2. The second-order valence-electron chi connectivity index (χ2n) is 17.5. The molecule has 400 valence electrons. The Morgan fingerprint density at radius 3 is 1.12 bits per heavy atom. The molecular weight excluding hydrogens is 1120 g/mol. The summed E-state index contributed by atoms with van der Waals surface area (Å²) >= 11 is 35.3. The Morgan fingerprint density at radius 2 is 0.800 bits per heavy atom. The number of amides is 2. The first-order valence-electron chi connectivity index (χ1n) is 23.5. The molecule has 0 spiro atoms. The van der Waals surface area contributed by atoms with E-state index in [9.17, 15) is 9.59 Å². The Balaban J connectivity index is 0.942. The number of alkyl halides is 10. The Morgan fingerprint density at radius 1 is 0.480 bits per heavy atom. The normalized spacial score (nSPS) is 17.4. The van der Waals surface area contributed by atoms with E-state index >= 15 is 17.6 Å². The second kappa shape index (κ2) is 22.1. The standard InChI is InChI=1S/C44H44Cl6F4N16O5/c45-43(46,47)35(71)63-7-11-65(12-8-63)37-57-39(67-15-19-73-20-16-67)61-41(59-37)69-27-5-1-3-25(29(27)55-33(69)31(51)52)23-75-24-26-4-2-6-28-30(26)56-34(32(53)54)70(28)42-60-38(58-40(62-42)68-17-21-74-22-18-68)66-13-9-64(10-14-66)36(72)44(48,49)50/h1-6,31-32H,7-24H2. The summed E-state index contributed by atoms with van der Waals surface area (Å²) in [5.74, 6) is -2.04. The molecule has 0 bridgehead atoms. The number of imidazole rings is 2. The number of carbonyl (C=O) groups excluding carboxylic acids is 2. The van der Waals surface area contributed by atoms with E-state index in [1.807, 2.05) is 9.80 Å². The summed E-state index contributed by atoms with van der Waals surface area (Å²) in [6.45, 7) is 4.64. The molecule has 4 aromatic heterocycles. The van der Waals surface area contributed by atoms with Gasteiger partial charge >= 0.3 is 0 Å². The van der Waals surface area contributed by atoms with Crippen molar-refractivity contribution < 1.29 is 41.4 Å². The van der Waals surface area contributed by atoms with Crippen molar-refractivity contribution in [2.45, 2.75) is 33.6 Å². The summed E-state index contributed by atoms with van der Waals surface area (Å²) in [6.07, 6.45) is -6.15. The number of anilines is 4. The maximum atomic E-state index is 15.2. The Hall–Kier alpha value is -5.12. The highest BCUT2D eigenvalue weighted by molar-refractivity contribution is 6.76. The molecule has 21 nitrogen and oxygen atoms in total. The molecule has 0 unspecified atom stereocenters. The van der Waals surface area contributed by atoms with E-state index in [4.69, 9.17) is 114 Å². The van der Waals surface area contributed by atoms with Gasteiger partial charge < -0.3 is 43.6 Å². The van der Waals surface area contributed by atoms with Crippen LogP contribution in [0.4, 0.5) is 41.4 Å². The van der Waals surface area contributed by atoms with Crippen molar-refractivity contribution in [3.8, 4) is 11.9 Å². The van der Waals surface area contributed by atoms with Crippen molar-refractivity contribution in [1.29, 1.82) is 0 Å². The van der Waals surface area contributed by atoms with Gasteiger partial charge in [-0.25, -0.2) is 27.5 Å². The molecule has 10 rings (SSSR count). The summed E-state index contributed by atoms with van der Waals surface area (Å²) in [4.78, 5) is 72.6. The quantitative estimate of drug-likeness (QED) is 0.102. The van der Waals surface area contributed by atoms with Gasteiger partial charge in [-0.1, -0.05) is 93.9 Å². The number of rotatable bonds is 12. The molecule has 0 aliphatic carbocycles. The monoisotopic (exact) mass is 1160 g/mol. The molecule has 0 saturated carbocycles. The predicted molar refractivity (Wildman–Crippen MR) is 272 cm³/mol. The van der Waals surface area contributed by atoms with Gasteiger partial charge in [0, 0.05) is 89.7 Å². The molecule has 4 aliphatic heterocycles. The second-order valence-corrected chi connectivity index (χ2v) is 22.1. The minimum Gasteiger partial charge on any atom is -0.378 e. The average molecular weight is 1170 g/mol. The number of hydrogen-bond donors (Lipinski definition) is 0. The van der Waals surface area contributed by atoms with E-state index in [0.717, 1.165) is 0 Å². The van der Waals surface area contributed by atoms with Crippen LogP contribution in [0.15, 0.2) is 36.4 Å². The predicted octanol–water partition coefficient (Wildman–Crippen LogP) is 6.04. The first kappa shape index (κ1) is 53.3. The van der Waals surface area contributed by atoms with E-state index in [-0.39, 0.29) is 123 Å². The van der Waals surface area contributed by atoms with Gasteiger partial charge in [-0.15, -0.1) is 0 Å². The van der Waals surface area contributed by atoms with Gasteiger partial charge in [0.1, 0.15) is 0 Å². The maximum absolute atomic E-state index is 15.2. The number of nitrogens with zero attached hydrogens (tertiary/aromatic N) is 16. The van der Waals surface area contributed by atoms with E-state index in [2.05, 4.69) is 9.97 Å². The van der Waals surface area contributed by atoms with Crippen molar-refractivity contribution in [1.82, 2.24) is 58.8 Å². The molecule has 0 N–H and O–H groups in total. The number of ether oxygens (including phenoxy) is 3. The van der Waals surface area contributed by atoms with Gasteiger partial charge in [0.05, 0.1) is 61.7 Å². The fourth-order valence-electron chi connectivity index (χ4n) is 9.12. The number of halogens is 10. The minimum atomic E-state index is -3.08. The van der Waals surface area contributed by atoms with Gasteiger partial charge in [-0.2, -0.15) is 29.9 Å². The van der Waals surface area contributed by atoms with Crippen LogP contribution >= 0.6 is 69.6 Å². The molecule has 0 radical (unpaired) electrons. The van der Waals surface area contributed by atoms with Gasteiger partial charge in [0.25, 0.3) is 32.3 Å². The number of piperazine rings is 2. The fraction of sp³-hybridized carbons (Fsp3) is 0.500. The van der Waals surface area contributed by atoms with Gasteiger partial charge in [0.2, 0.25) is 35.7 Å². The van der Waals surface area contributed by atoms with Crippen LogP contribution < -0.4 is 19.6 Å². The largest absolute Gasteiger partial charge is 0.378 e. The molecule has 4 saturated heterocycles. The van der Waals surface area contributed by atoms with Crippen molar-refractivity contribution in [2.24, 2.45) is 0 Å². The fourth-order valence-corrected chi connectivity index (χ4v) is 9.84. The molecule has 0 atom stereocenters.